The molecule has 0 amide bonds. The minimum Gasteiger partial charge on any atom is -0.497 e. The zero-order valence-corrected chi connectivity index (χ0v) is 15.7. The second-order valence-electron chi connectivity index (χ2n) is 6.32. The molecule has 1 fully saturated rings. The zero-order valence-electron chi connectivity index (χ0n) is 14.9. The number of fused-ring (bicyclic) bond motifs is 1. The second-order valence-corrected chi connectivity index (χ2v) is 7.81. The van der Waals surface area contributed by atoms with E-state index in [-0.39, 0.29) is 11.6 Å². The number of nitrogens with two attached hydrogens (primary N) is 1. The first-order valence-electron chi connectivity index (χ1n) is 8.46. The molecule has 0 saturated carbocycles. The van der Waals surface area contributed by atoms with E-state index in [0.717, 1.165) is 0 Å². The van der Waals surface area contributed by atoms with Gasteiger partial charge in [0.05, 0.1) is 30.0 Å². The van der Waals surface area contributed by atoms with E-state index < -0.39 is 35.3 Å². The van der Waals surface area contributed by atoms with Crippen molar-refractivity contribution in [3.05, 3.63) is 36.9 Å². The molecule has 10 nitrogen and oxygen atoms in total. The van der Waals surface area contributed by atoms with Crippen LogP contribution in [0.2, 0.25) is 0 Å². The van der Waals surface area contributed by atoms with Crippen molar-refractivity contribution in [3.63, 3.8) is 0 Å². The Labute approximate surface area is 162 Å². The van der Waals surface area contributed by atoms with E-state index in [1.807, 2.05) is 0 Å². The Morgan fingerprint density at radius 1 is 1.21 bits per heavy atom. The summed E-state index contributed by atoms with van der Waals surface area (Å²) in [6, 6.07) is 6.79. The van der Waals surface area contributed by atoms with Crippen LogP contribution in [-0.2, 0) is 15.5 Å². The highest BCUT2D eigenvalue weighted by Gasteiger charge is 2.45. The van der Waals surface area contributed by atoms with Crippen LogP contribution in [0.4, 0.5) is 5.82 Å². The third-order valence-electron chi connectivity index (χ3n) is 4.64. The van der Waals surface area contributed by atoms with Gasteiger partial charge in [-0.2, -0.15) is 0 Å². The molecule has 5 atom stereocenters. The monoisotopic (exact) mass is 405 g/mol. The van der Waals surface area contributed by atoms with Crippen LogP contribution in [0.25, 0.3) is 11.2 Å². The van der Waals surface area contributed by atoms with Gasteiger partial charge in [-0.3, -0.25) is 8.78 Å². The smallest absolute Gasteiger partial charge is 0.167 e. The molecule has 1 aliphatic heterocycles. The van der Waals surface area contributed by atoms with Crippen LogP contribution in [0.1, 0.15) is 6.23 Å². The number of ether oxygens (including phenoxy) is 2. The number of nitrogen functional groups attached to an aromatic ring is 1. The molecule has 11 heteroatoms. The third-order valence-corrected chi connectivity index (χ3v) is 6.07. The van der Waals surface area contributed by atoms with Gasteiger partial charge in [-0.25, -0.2) is 15.0 Å². The first kappa shape index (κ1) is 18.7. The fourth-order valence-corrected chi connectivity index (χ4v) is 4.33. The van der Waals surface area contributed by atoms with Crippen molar-refractivity contribution in [1.82, 2.24) is 19.5 Å². The Balaban J connectivity index is 1.54. The van der Waals surface area contributed by atoms with E-state index in [0.29, 0.717) is 21.8 Å². The molecule has 148 valence electrons. The number of hydrogen-bond donors (Lipinski definition) is 3. The van der Waals surface area contributed by atoms with Crippen LogP contribution in [0.5, 0.6) is 5.75 Å². The zero-order chi connectivity index (χ0) is 19.8. The highest BCUT2D eigenvalue weighted by atomic mass is 32.2. The number of benzene rings is 1. The molecule has 0 spiro atoms. The maximum Gasteiger partial charge on any atom is 0.167 e. The molecule has 3 aromatic rings. The van der Waals surface area contributed by atoms with Gasteiger partial charge in [0.2, 0.25) is 0 Å². The highest BCUT2D eigenvalue weighted by molar-refractivity contribution is 7.85. The molecular formula is C17H19N5O5S. The summed E-state index contributed by atoms with van der Waals surface area (Å²) in [5.74, 6) is 0.876. The Hall–Kier alpha value is -2.60. The number of aliphatic hydroxyl groups excluding tert-OH is 2. The van der Waals surface area contributed by atoms with Gasteiger partial charge in [-0.05, 0) is 24.3 Å². The SMILES string of the molecule is COc1ccc(S(=O)C[C@H]2O[C@@H](n3cnc4c(N)ncnc43)[C@H](O)[C@@H]2O)cc1. The minimum absolute atomic E-state index is 0.0187. The average molecular weight is 405 g/mol. The van der Waals surface area contributed by atoms with Gasteiger partial charge in [0, 0.05) is 4.90 Å². The molecule has 4 rings (SSSR count). The van der Waals surface area contributed by atoms with Crippen LogP contribution >= 0.6 is 0 Å². The summed E-state index contributed by atoms with van der Waals surface area (Å²) in [4.78, 5) is 12.7. The van der Waals surface area contributed by atoms with Crippen LogP contribution in [-0.4, -0.2) is 65.1 Å². The van der Waals surface area contributed by atoms with E-state index in [4.69, 9.17) is 15.2 Å². The van der Waals surface area contributed by atoms with Crippen molar-refractivity contribution in [3.8, 4) is 5.75 Å². The summed E-state index contributed by atoms with van der Waals surface area (Å²) in [6.07, 6.45) is -1.54. The topological polar surface area (TPSA) is 146 Å². The number of aliphatic hydroxyl groups is 2. The summed E-state index contributed by atoms with van der Waals surface area (Å²) in [6.45, 7) is 0. The normalized spacial score (nSPS) is 25.8. The van der Waals surface area contributed by atoms with Crippen molar-refractivity contribution in [2.24, 2.45) is 0 Å². The Bertz CT molecular complexity index is 1010. The molecule has 1 aliphatic rings. The van der Waals surface area contributed by atoms with Gasteiger partial charge in [-0.1, -0.05) is 0 Å². The average Bonchev–Trinajstić information content (AvgIpc) is 3.25. The lowest BCUT2D eigenvalue weighted by atomic mass is 10.1. The van der Waals surface area contributed by atoms with Crippen molar-refractivity contribution in [2.45, 2.75) is 29.4 Å². The highest BCUT2D eigenvalue weighted by Crippen LogP contribution is 2.32. The fourth-order valence-electron chi connectivity index (χ4n) is 3.13. The Morgan fingerprint density at radius 3 is 2.68 bits per heavy atom. The molecule has 4 N–H and O–H groups in total. The molecular weight excluding hydrogens is 386 g/mol. The number of hydrogen-bond acceptors (Lipinski definition) is 9. The predicted molar refractivity (Wildman–Crippen MR) is 99.9 cm³/mol. The largest absolute Gasteiger partial charge is 0.497 e. The third kappa shape index (κ3) is 3.22. The number of aromatic nitrogens is 4. The van der Waals surface area contributed by atoms with E-state index in [2.05, 4.69) is 15.0 Å². The van der Waals surface area contributed by atoms with E-state index in [1.54, 1.807) is 31.4 Å². The summed E-state index contributed by atoms with van der Waals surface area (Å²) in [7, 11) is 0.116. The molecule has 2 aromatic heterocycles. The molecule has 0 aliphatic carbocycles. The molecule has 28 heavy (non-hydrogen) atoms. The van der Waals surface area contributed by atoms with Crippen LogP contribution in [0.3, 0.4) is 0 Å². The maximum atomic E-state index is 12.6. The number of imidazole rings is 1. The minimum atomic E-state index is -1.43. The Kier molecular flexibility index (Phi) is 4.98. The van der Waals surface area contributed by atoms with Gasteiger partial charge in [0.25, 0.3) is 0 Å². The van der Waals surface area contributed by atoms with Crippen molar-refractivity contribution >= 4 is 27.8 Å². The second kappa shape index (κ2) is 7.43. The number of anilines is 1. The predicted octanol–water partition coefficient (Wildman–Crippen LogP) is -0.156. The first-order chi connectivity index (χ1) is 13.5. The number of rotatable bonds is 5. The van der Waals surface area contributed by atoms with Gasteiger partial charge >= 0.3 is 0 Å². The first-order valence-corrected chi connectivity index (χ1v) is 9.78. The van der Waals surface area contributed by atoms with Crippen molar-refractivity contribution in [1.29, 1.82) is 0 Å². The van der Waals surface area contributed by atoms with Crippen molar-refractivity contribution in [2.75, 3.05) is 18.6 Å². The molecule has 3 heterocycles. The van der Waals surface area contributed by atoms with Crippen LogP contribution in [0, 0.1) is 0 Å². The Morgan fingerprint density at radius 2 is 1.96 bits per heavy atom. The van der Waals surface area contributed by atoms with Crippen LogP contribution < -0.4 is 10.5 Å². The lowest BCUT2D eigenvalue weighted by Gasteiger charge is -2.16. The van der Waals surface area contributed by atoms with Gasteiger partial charge in [0.1, 0.15) is 35.9 Å². The summed E-state index contributed by atoms with van der Waals surface area (Å²) >= 11 is 0. The molecule has 1 unspecified atom stereocenters. The lowest BCUT2D eigenvalue weighted by molar-refractivity contribution is -0.0290. The van der Waals surface area contributed by atoms with E-state index >= 15 is 0 Å². The standard InChI is InChI=1S/C17H19N5O5S/c1-26-9-2-4-10(5-3-9)28(25)6-11-13(23)14(24)17(27-11)22-8-21-12-15(18)19-7-20-16(12)22/h2-5,7-8,11,13-14,17,23-24H,6H2,1H3,(H2,18,19,20)/t11-,13-,14-,17-,28?/m1/s1. The van der Waals surface area contributed by atoms with Gasteiger partial charge < -0.3 is 25.4 Å². The van der Waals surface area contributed by atoms with Gasteiger partial charge in [-0.15, -0.1) is 0 Å². The molecule has 1 aromatic carbocycles. The number of methoxy groups -OCH3 is 1. The quantitative estimate of drug-likeness (QED) is 0.527. The molecule has 0 radical (unpaired) electrons. The van der Waals surface area contributed by atoms with Gasteiger partial charge in [0.15, 0.2) is 17.7 Å². The van der Waals surface area contributed by atoms with Crippen LogP contribution in [0.15, 0.2) is 41.8 Å². The summed E-state index contributed by atoms with van der Waals surface area (Å²) in [5.41, 5.74) is 6.53. The van der Waals surface area contributed by atoms with E-state index in [1.165, 1.54) is 17.2 Å². The number of nitrogens with zero attached hydrogens (tertiary/aromatic N) is 4. The maximum absolute atomic E-state index is 12.6. The summed E-state index contributed by atoms with van der Waals surface area (Å²) in [5, 5.41) is 20.9. The fraction of sp³-hybridized carbons (Fsp3) is 0.353. The summed E-state index contributed by atoms with van der Waals surface area (Å²) < 4.78 is 25.0. The van der Waals surface area contributed by atoms with E-state index in [9.17, 15) is 14.4 Å². The molecule has 0 bridgehead atoms. The molecule has 1 saturated heterocycles. The van der Waals surface area contributed by atoms with Crippen molar-refractivity contribution < 1.29 is 23.9 Å². The lowest BCUT2D eigenvalue weighted by Crippen LogP contribution is -2.34.